The molecule has 0 aliphatic rings. The van der Waals surface area contributed by atoms with Gasteiger partial charge in [0.2, 0.25) is 17.7 Å². The molecule has 124 valence electrons. The fraction of sp³-hybridized carbons (Fsp3) is 0.154. The summed E-state index contributed by atoms with van der Waals surface area (Å²) < 4.78 is 38.2. The van der Waals surface area contributed by atoms with Crippen molar-refractivity contribution >= 4 is 22.8 Å². The van der Waals surface area contributed by atoms with E-state index in [-0.39, 0.29) is 0 Å². The number of nitrogens with one attached hydrogen (secondary N) is 2. The lowest BCUT2D eigenvalue weighted by Gasteiger charge is -2.05. The quantitative estimate of drug-likeness (QED) is 0.746. The third-order valence-electron chi connectivity index (χ3n) is 3.05. The van der Waals surface area contributed by atoms with Crippen LogP contribution in [0, 0.1) is 0 Å². The Morgan fingerprint density at radius 3 is 2.75 bits per heavy atom. The Balaban J connectivity index is 1.77. The lowest BCUT2D eigenvalue weighted by atomic mass is 10.2. The van der Waals surface area contributed by atoms with Gasteiger partial charge in [-0.25, -0.2) is 4.98 Å². The van der Waals surface area contributed by atoms with Crippen LogP contribution in [0.4, 0.5) is 19.1 Å². The molecule has 0 fully saturated rings. The maximum atomic E-state index is 12.4. The number of hydrogen-bond donors (Lipinski definition) is 2. The van der Waals surface area contributed by atoms with Crippen molar-refractivity contribution in [1.29, 1.82) is 0 Å². The normalized spacial score (nSPS) is 11.6. The van der Waals surface area contributed by atoms with Gasteiger partial charge < -0.3 is 0 Å². The SMILES string of the molecule is O=C(Cn1cnc2ccccc2c1=O)Nc1n[nH]c(C(F)(F)F)n1. The Morgan fingerprint density at radius 2 is 2.04 bits per heavy atom. The number of rotatable bonds is 3. The zero-order valence-electron chi connectivity index (χ0n) is 11.8. The second-order valence-electron chi connectivity index (χ2n) is 4.75. The summed E-state index contributed by atoms with van der Waals surface area (Å²) in [6, 6.07) is 6.58. The number of H-pyrrole nitrogens is 1. The molecule has 0 saturated heterocycles. The molecule has 2 aromatic heterocycles. The summed E-state index contributed by atoms with van der Waals surface area (Å²) in [5.74, 6) is -2.63. The number of amides is 1. The molecule has 3 aromatic rings. The maximum absolute atomic E-state index is 12.4. The van der Waals surface area contributed by atoms with Crippen LogP contribution < -0.4 is 10.9 Å². The minimum atomic E-state index is -4.70. The molecule has 11 heteroatoms. The minimum Gasteiger partial charge on any atom is -0.292 e. The van der Waals surface area contributed by atoms with Gasteiger partial charge in [-0.05, 0) is 12.1 Å². The second kappa shape index (κ2) is 5.76. The highest BCUT2D eigenvalue weighted by Gasteiger charge is 2.35. The molecule has 0 unspecified atom stereocenters. The largest absolute Gasteiger partial charge is 0.451 e. The van der Waals surface area contributed by atoms with Crippen LogP contribution in [0.2, 0.25) is 0 Å². The molecule has 2 N–H and O–H groups in total. The Bertz CT molecular complexity index is 962. The fourth-order valence-corrected chi connectivity index (χ4v) is 1.98. The first kappa shape index (κ1) is 15.6. The molecule has 3 rings (SSSR count). The van der Waals surface area contributed by atoms with E-state index < -0.39 is 36.0 Å². The Kier molecular flexibility index (Phi) is 3.75. The van der Waals surface area contributed by atoms with Crippen molar-refractivity contribution in [2.75, 3.05) is 5.32 Å². The number of benzene rings is 1. The van der Waals surface area contributed by atoms with E-state index >= 15 is 0 Å². The molecule has 2 heterocycles. The van der Waals surface area contributed by atoms with Crippen molar-refractivity contribution in [3.05, 3.63) is 46.8 Å². The van der Waals surface area contributed by atoms with Gasteiger partial charge in [0, 0.05) is 0 Å². The number of alkyl halides is 3. The van der Waals surface area contributed by atoms with Crippen molar-refractivity contribution in [2.45, 2.75) is 12.7 Å². The van der Waals surface area contributed by atoms with E-state index in [9.17, 15) is 22.8 Å². The zero-order valence-corrected chi connectivity index (χ0v) is 11.8. The molecule has 0 saturated carbocycles. The monoisotopic (exact) mass is 338 g/mol. The third kappa shape index (κ3) is 3.09. The van der Waals surface area contributed by atoms with Crippen molar-refractivity contribution in [3.63, 3.8) is 0 Å². The summed E-state index contributed by atoms with van der Waals surface area (Å²) in [6.45, 7) is -0.438. The van der Waals surface area contributed by atoms with Crippen molar-refractivity contribution in [2.24, 2.45) is 0 Å². The number of para-hydroxylation sites is 1. The Morgan fingerprint density at radius 1 is 1.29 bits per heavy atom. The topological polar surface area (TPSA) is 106 Å². The highest BCUT2D eigenvalue weighted by molar-refractivity contribution is 5.89. The maximum Gasteiger partial charge on any atom is 0.451 e. The zero-order chi connectivity index (χ0) is 17.3. The number of aromatic nitrogens is 5. The van der Waals surface area contributed by atoms with Gasteiger partial charge in [0.05, 0.1) is 17.2 Å². The molecular weight excluding hydrogens is 329 g/mol. The summed E-state index contributed by atoms with van der Waals surface area (Å²) in [4.78, 5) is 31.2. The van der Waals surface area contributed by atoms with E-state index in [0.717, 1.165) is 4.57 Å². The molecule has 1 amide bonds. The van der Waals surface area contributed by atoms with Gasteiger partial charge in [0.25, 0.3) is 5.56 Å². The van der Waals surface area contributed by atoms with E-state index in [2.05, 4.69) is 20.4 Å². The number of carbonyl (C=O) groups is 1. The summed E-state index contributed by atoms with van der Waals surface area (Å²) in [5, 5.41) is 7.32. The number of aromatic amines is 1. The Hall–Kier alpha value is -3.24. The highest BCUT2D eigenvalue weighted by Crippen LogP contribution is 2.26. The first-order chi connectivity index (χ1) is 11.3. The fourth-order valence-electron chi connectivity index (χ4n) is 1.98. The third-order valence-corrected chi connectivity index (χ3v) is 3.05. The number of anilines is 1. The van der Waals surface area contributed by atoms with E-state index in [0.29, 0.717) is 10.9 Å². The molecule has 0 atom stereocenters. The van der Waals surface area contributed by atoms with Crippen LogP contribution in [0.15, 0.2) is 35.4 Å². The summed E-state index contributed by atoms with van der Waals surface area (Å²) in [5.41, 5.74) is 0.0321. The molecule has 0 spiro atoms. The van der Waals surface area contributed by atoms with Crippen LogP contribution in [-0.2, 0) is 17.5 Å². The van der Waals surface area contributed by atoms with Gasteiger partial charge in [-0.3, -0.25) is 24.6 Å². The molecule has 0 radical (unpaired) electrons. The summed E-state index contributed by atoms with van der Waals surface area (Å²) in [7, 11) is 0. The molecule has 1 aromatic carbocycles. The van der Waals surface area contributed by atoms with E-state index in [4.69, 9.17) is 0 Å². The lowest BCUT2D eigenvalue weighted by molar-refractivity contribution is -0.144. The predicted molar refractivity (Wildman–Crippen MR) is 76.0 cm³/mol. The smallest absolute Gasteiger partial charge is 0.292 e. The van der Waals surface area contributed by atoms with Crippen molar-refractivity contribution in [3.8, 4) is 0 Å². The van der Waals surface area contributed by atoms with E-state index in [1.54, 1.807) is 29.4 Å². The van der Waals surface area contributed by atoms with Crippen LogP contribution in [-0.4, -0.2) is 30.6 Å². The molecule has 8 nitrogen and oxygen atoms in total. The molecule has 0 bridgehead atoms. The van der Waals surface area contributed by atoms with Gasteiger partial charge in [-0.2, -0.15) is 18.2 Å². The predicted octanol–water partition coefficient (Wildman–Crippen LogP) is 1.17. The first-order valence-corrected chi connectivity index (χ1v) is 6.58. The van der Waals surface area contributed by atoms with Gasteiger partial charge in [-0.15, -0.1) is 5.10 Å². The second-order valence-corrected chi connectivity index (χ2v) is 4.75. The van der Waals surface area contributed by atoms with Crippen LogP contribution in [0.3, 0.4) is 0 Å². The highest BCUT2D eigenvalue weighted by atomic mass is 19.4. The van der Waals surface area contributed by atoms with Crippen LogP contribution in [0.1, 0.15) is 5.82 Å². The summed E-state index contributed by atoms with van der Waals surface area (Å²) >= 11 is 0. The van der Waals surface area contributed by atoms with Gasteiger partial charge in [-0.1, -0.05) is 12.1 Å². The molecule has 0 aliphatic carbocycles. The number of nitrogens with zero attached hydrogens (tertiary/aromatic N) is 4. The van der Waals surface area contributed by atoms with Crippen molar-refractivity contribution in [1.82, 2.24) is 24.7 Å². The number of halogens is 3. The Labute approximate surface area is 131 Å². The number of fused-ring (bicyclic) bond motifs is 1. The standard InChI is InChI=1S/C13H9F3N6O2/c14-13(15,16)11-19-12(21-20-11)18-9(23)5-22-6-17-8-4-2-1-3-7(8)10(22)24/h1-4,6H,5H2,(H2,18,19,20,21,23). The molecule has 0 aliphatic heterocycles. The van der Waals surface area contributed by atoms with Gasteiger partial charge >= 0.3 is 6.18 Å². The number of carbonyl (C=O) groups excluding carboxylic acids is 1. The molecular formula is C13H9F3N6O2. The minimum absolute atomic E-state index is 0.324. The van der Waals surface area contributed by atoms with Crippen LogP contribution in [0.5, 0.6) is 0 Å². The van der Waals surface area contributed by atoms with Gasteiger partial charge in [0.1, 0.15) is 6.54 Å². The van der Waals surface area contributed by atoms with E-state index in [1.165, 1.54) is 6.33 Å². The van der Waals surface area contributed by atoms with E-state index in [1.807, 2.05) is 0 Å². The van der Waals surface area contributed by atoms with Crippen molar-refractivity contribution < 1.29 is 18.0 Å². The van der Waals surface area contributed by atoms with Crippen LogP contribution in [0.25, 0.3) is 10.9 Å². The average molecular weight is 338 g/mol. The summed E-state index contributed by atoms with van der Waals surface area (Å²) in [6.07, 6.45) is -3.52. The first-order valence-electron chi connectivity index (χ1n) is 6.58. The van der Waals surface area contributed by atoms with Crippen LogP contribution >= 0.6 is 0 Å². The average Bonchev–Trinajstić information content (AvgIpc) is 2.99. The molecule has 24 heavy (non-hydrogen) atoms. The van der Waals surface area contributed by atoms with Gasteiger partial charge in [0.15, 0.2) is 0 Å². The lowest BCUT2D eigenvalue weighted by Crippen LogP contribution is -2.28. The number of hydrogen-bond acceptors (Lipinski definition) is 5.